The lowest BCUT2D eigenvalue weighted by molar-refractivity contribution is 0.473. The van der Waals surface area contributed by atoms with Gasteiger partial charge in [0.1, 0.15) is 5.75 Å². The molecule has 0 saturated carbocycles. The van der Waals surface area contributed by atoms with Gasteiger partial charge in [0.05, 0.1) is 5.71 Å². The zero-order valence-electron chi connectivity index (χ0n) is 8.61. The van der Waals surface area contributed by atoms with E-state index >= 15 is 0 Å². The maximum absolute atomic E-state index is 9.65. The van der Waals surface area contributed by atoms with Gasteiger partial charge >= 0.3 is 0 Å². The van der Waals surface area contributed by atoms with Crippen LogP contribution in [0.25, 0.3) is 0 Å². The Morgan fingerprint density at radius 3 is 2.73 bits per heavy atom. The van der Waals surface area contributed by atoms with Crippen molar-refractivity contribution in [2.45, 2.75) is 13.8 Å². The molecule has 5 heteroatoms. The first-order valence-electron chi connectivity index (χ1n) is 4.40. The summed E-state index contributed by atoms with van der Waals surface area (Å²) in [5, 5.41) is 13.7. The number of phenols is 1. The number of aryl methyl sites for hydroxylation is 1. The second-order valence-electron chi connectivity index (χ2n) is 3.19. The topological polar surface area (TPSA) is 70.6 Å². The second kappa shape index (κ2) is 4.75. The lowest BCUT2D eigenvalue weighted by Crippen LogP contribution is -2.25. The molecule has 1 rings (SSSR count). The predicted octanol–water partition coefficient (Wildman–Crippen LogP) is 1.26. The van der Waals surface area contributed by atoms with Crippen molar-refractivity contribution in [3.8, 4) is 5.75 Å². The highest BCUT2D eigenvalue weighted by atomic mass is 32.1. The van der Waals surface area contributed by atoms with Gasteiger partial charge in [-0.15, -0.1) is 0 Å². The molecule has 0 unspecified atom stereocenters. The number of thiocarbonyl (C=S) groups is 1. The van der Waals surface area contributed by atoms with Gasteiger partial charge in [-0.3, -0.25) is 5.43 Å². The number of hydrazone groups is 1. The Kier molecular flexibility index (Phi) is 3.62. The van der Waals surface area contributed by atoms with Crippen molar-refractivity contribution in [3.05, 3.63) is 29.3 Å². The van der Waals surface area contributed by atoms with Crippen LogP contribution in [0.5, 0.6) is 5.75 Å². The first-order valence-corrected chi connectivity index (χ1v) is 4.81. The van der Waals surface area contributed by atoms with E-state index in [2.05, 4.69) is 22.7 Å². The molecule has 0 heterocycles. The summed E-state index contributed by atoms with van der Waals surface area (Å²) in [6.07, 6.45) is 0. The van der Waals surface area contributed by atoms with Crippen LogP contribution in [0.3, 0.4) is 0 Å². The minimum Gasteiger partial charge on any atom is -0.507 e. The predicted molar refractivity (Wildman–Crippen MR) is 65.0 cm³/mol. The average Bonchev–Trinajstić information content (AvgIpc) is 2.14. The number of aromatic hydroxyl groups is 1. The number of phenolic OH excluding ortho intramolecular Hbond substituents is 1. The standard InChI is InChI=1S/C10H13N3OS/c1-6-3-4-8(9(14)5-6)7(2)12-13-10(11)15/h3-5,14H,1-2H3,(H3,11,13,15)/b12-7+. The van der Waals surface area contributed by atoms with E-state index < -0.39 is 0 Å². The summed E-state index contributed by atoms with van der Waals surface area (Å²) in [7, 11) is 0. The number of nitrogens with one attached hydrogen (secondary N) is 1. The van der Waals surface area contributed by atoms with E-state index in [1.165, 1.54) is 0 Å². The van der Waals surface area contributed by atoms with Gasteiger partial charge in [-0.25, -0.2) is 0 Å². The molecule has 0 saturated heterocycles. The number of nitrogens with two attached hydrogens (primary N) is 1. The molecule has 0 atom stereocenters. The third-order valence-electron chi connectivity index (χ3n) is 1.88. The smallest absolute Gasteiger partial charge is 0.184 e. The van der Waals surface area contributed by atoms with Crippen LogP contribution in [0.2, 0.25) is 0 Å². The lowest BCUT2D eigenvalue weighted by atomic mass is 10.1. The molecule has 0 radical (unpaired) electrons. The average molecular weight is 223 g/mol. The summed E-state index contributed by atoms with van der Waals surface area (Å²) in [5.41, 5.74) is 9.98. The Labute approximate surface area is 93.8 Å². The van der Waals surface area contributed by atoms with Gasteiger partial charge in [0.2, 0.25) is 0 Å². The van der Waals surface area contributed by atoms with Crippen molar-refractivity contribution in [1.29, 1.82) is 0 Å². The van der Waals surface area contributed by atoms with Crippen LogP contribution in [0.4, 0.5) is 0 Å². The first kappa shape index (κ1) is 11.5. The highest BCUT2D eigenvalue weighted by molar-refractivity contribution is 7.80. The summed E-state index contributed by atoms with van der Waals surface area (Å²) >= 11 is 4.61. The molecule has 0 aliphatic rings. The van der Waals surface area contributed by atoms with Crippen LogP contribution in [0, 0.1) is 6.92 Å². The van der Waals surface area contributed by atoms with Crippen molar-refractivity contribution >= 4 is 23.0 Å². The van der Waals surface area contributed by atoms with Crippen LogP contribution in [0.15, 0.2) is 23.3 Å². The van der Waals surface area contributed by atoms with Gasteiger partial charge in [-0.05, 0) is 43.8 Å². The number of benzene rings is 1. The number of hydrogen-bond donors (Lipinski definition) is 3. The summed E-state index contributed by atoms with van der Waals surface area (Å²) < 4.78 is 0. The Morgan fingerprint density at radius 1 is 1.53 bits per heavy atom. The normalized spacial score (nSPS) is 11.2. The summed E-state index contributed by atoms with van der Waals surface area (Å²) in [6.45, 7) is 3.67. The molecule has 1 aromatic carbocycles. The van der Waals surface area contributed by atoms with E-state index in [0.717, 1.165) is 5.56 Å². The van der Waals surface area contributed by atoms with E-state index in [0.29, 0.717) is 11.3 Å². The molecule has 4 N–H and O–H groups in total. The molecule has 0 fully saturated rings. The molecule has 0 amide bonds. The van der Waals surface area contributed by atoms with E-state index in [1.807, 2.05) is 13.0 Å². The molecule has 0 spiro atoms. The molecule has 80 valence electrons. The maximum Gasteiger partial charge on any atom is 0.184 e. The Bertz CT molecular complexity index is 415. The van der Waals surface area contributed by atoms with E-state index in [9.17, 15) is 5.11 Å². The van der Waals surface area contributed by atoms with E-state index in [1.54, 1.807) is 19.1 Å². The largest absolute Gasteiger partial charge is 0.507 e. The molecular formula is C10H13N3OS. The summed E-state index contributed by atoms with van der Waals surface area (Å²) in [4.78, 5) is 0. The third-order valence-corrected chi connectivity index (χ3v) is 1.97. The Hall–Kier alpha value is -1.62. The van der Waals surface area contributed by atoms with Crippen LogP contribution < -0.4 is 11.2 Å². The molecule has 0 bridgehead atoms. The monoisotopic (exact) mass is 223 g/mol. The molecule has 1 aromatic rings. The van der Waals surface area contributed by atoms with E-state index in [-0.39, 0.29) is 10.9 Å². The van der Waals surface area contributed by atoms with Gasteiger partial charge < -0.3 is 10.8 Å². The molecule has 0 aliphatic carbocycles. The van der Waals surface area contributed by atoms with Crippen molar-refractivity contribution in [1.82, 2.24) is 5.43 Å². The minimum absolute atomic E-state index is 0.0981. The highest BCUT2D eigenvalue weighted by Gasteiger charge is 2.04. The van der Waals surface area contributed by atoms with Gasteiger partial charge in [-0.1, -0.05) is 6.07 Å². The number of nitrogens with zero attached hydrogens (tertiary/aromatic N) is 1. The van der Waals surface area contributed by atoms with Crippen molar-refractivity contribution in [2.75, 3.05) is 0 Å². The van der Waals surface area contributed by atoms with E-state index in [4.69, 9.17) is 5.73 Å². The fourth-order valence-electron chi connectivity index (χ4n) is 1.15. The Morgan fingerprint density at radius 2 is 2.20 bits per heavy atom. The maximum atomic E-state index is 9.65. The molecule has 0 aromatic heterocycles. The first-order chi connectivity index (χ1) is 7.00. The van der Waals surface area contributed by atoms with Gasteiger partial charge in [-0.2, -0.15) is 5.10 Å². The van der Waals surface area contributed by atoms with Crippen molar-refractivity contribution in [2.24, 2.45) is 10.8 Å². The highest BCUT2D eigenvalue weighted by Crippen LogP contribution is 2.18. The van der Waals surface area contributed by atoms with Gasteiger partial charge in [0, 0.05) is 5.56 Å². The number of hydrogen-bond acceptors (Lipinski definition) is 3. The summed E-state index contributed by atoms with van der Waals surface area (Å²) in [6, 6.07) is 5.37. The molecule has 0 aliphatic heterocycles. The fraction of sp³-hybridized carbons (Fsp3) is 0.200. The van der Waals surface area contributed by atoms with Gasteiger partial charge in [0.25, 0.3) is 0 Å². The SMILES string of the molecule is C/C(=N\NC(N)=S)c1ccc(C)cc1O. The molecule has 4 nitrogen and oxygen atoms in total. The van der Waals surface area contributed by atoms with Crippen LogP contribution in [0.1, 0.15) is 18.1 Å². The molecule has 15 heavy (non-hydrogen) atoms. The quantitative estimate of drug-likeness (QED) is 0.401. The Balaban J connectivity index is 2.95. The summed E-state index contributed by atoms with van der Waals surface area (Å²) in [5.74, 6) is 0.195. The van der Waals surface area contributed by atoms with Crippen molar-refractivity contribution in [3.63, 3.8) is 0 Å². The van der Waals surface area contributed by atoms with Crippen molar-refractivity contribution < 1.29 is 5.11 Å². The zero-order chi connectivity index (χ0) is 11.4. The lowest BCUT2D eigenvalue weighted by Gasteiger charge is -2.05. The minimum atomic E-state index is 0.0981. The number of rotatable bonds is 2. The zero-order valence-corrected chi connectivity index (χ0v) is 9.43. The van der Waals surface area contributed by atoms with Crippen LogP contribution in [-0.4, -0.2) is 15.9 Å². The van der Waals surface area contributed by atoms with Gasteiger partial charge in [0.15, 0.2) is 5.11 Å². The fourth-order valence-corrected chi connectivity index (χ4v) is 1.19. The van der Waals surface area contributed by atoms with Crippen LogP contribution in [-0.2, 0) is 0 Å². The van der Waals surface area contributed by atoms with Crippen LogP contribution >= 0.6 is 12.2 Å². The third kappa shape index (κ3) is 3.21. The second-order valence-corrected chi connectivity index (χ2v) is 3.63. The molecular weight excluding hydrogens is 210 g/mol.